The van der Waals surface area contributed by atoms with E-state index in [-0.39, 0.29) is 23.6 Å². The van der Waals surface area contributed by atoms with Gasteiger partial charge in [-0.1, -0.05) is 41.9 Å². The van der Waals surface area contributed by atoms with Gasteiger partial charge in [0.15, 0.2) is 0 Å². The first-order chi connectivity index (χ1) is 20.0. The summed E-state index contributed by atoms with van der Waals surface area (Å²) in [5, 5.41) is 0.671. The van der Waals surface area contributed by atoms with Crippen molar-refractivity contribution in [2.75, 3.05) is 44.2 Å². The molecule has 2 aliphatic heterocycles. The minimum absolute atomic E-state index is 0.0765. The Morgan fingerprint density at radius 3 is 2.19 bits per heavy atom. The average Bonchev–Trinajstić information content (AvgIpc) is 2.97. The number of halogens is 1. The molecule has 0 unspecified atom stereocenters. The monoisotopic (exact) mass is 594 g/mol. The van der Waals surface area contributed by atoms with Crippen LogP contribution in [0.5, 0.6) is 0 Å². The Kier molecular flexibility index (Phi) is 10.7. The van der Waals surface area contributed by atoms with Crippen molar-refractivity contribution in [2.24, 2.45) is 17.6 Å². The number of hydrogen-bond acceptors (Lipinski definition) is 4. The summed E-state index contributed by atoms with van der Waals surface area (Å²) in [5.41, 5.74) is 9.02. The number of primary amides is 1. The minimum atomic E-state index is -0.664. The minimum Gasteiger partial charge on any atom is -0.369 e. The predicted molar refractivity (Wildman–Crippen MR) is 170 cm³/mol. The van der Waals surface area contributed by atoms with Crippen LogP contribution in [0.1, 0.15) is 69.6 Å². The zero-order valence-electron chi connectivity index (χ0n) is 25.7. The highest BCUT2D eigenvalue weighted by Gasteiger charge is 2.31. The Morgan fingerprint density at radius 2 is 1.62 bits per heavy atom. The Hall–Kier alpha value is -2.90. The zero-order chi connectivity index (χ0) is 30.4. The van der Waals surface area contributed by atoms with Crippen LogP contribution in [0.3, 0.4) is 0 Å². The maximum absolute atomic E-state index is 13.7. The number of piperidine rings is 2. The fourth-order valence-corrected chi connectivity index (χ4v) is 6.35. The summed E-state index contributed by atoms with van der Waals surface area (Å²) in [6, 6.07) is 14.2. The summed E-state index contributed by atoms with van der Waals surface area (Å²) < 4.78 is 0. The van der Waals surface area contributed by atoms with Gasteiger partial charge < -0.3 is 20.4 Å². The van der Waals surface area contributed by atoms with E-state index in [4.69, 9.17) is 17.3 Å². The Bertz CT molecular complexity index is 1250. The Morgan fingerprint density at radius 1 is 0.976 bits per heavy atom. The van der Waals surface area contributed by atoms with Gasteiger partial charge in [-0.15, -0.1) is 0 Å². The number of rotatable bonds is 10. The normalized spacial score (nSPS) is 17.3. The van der Waals surface area contributed by atoms with Gasteiger partial charge in [0.25, 0.3) is 0 Å². The van der Waals surface area contributed by atoms with Crippen molar-refractivity contribution in [2.45, 2.75) is 71.6 Å². The fourth-order valence-electron chi connectivity index (χ4n) is 6.18. The number of nitrogens with zero attached hydrogens (tertiary/aromatic N) is 3. The Labute approximate surface area is 256 Å². The van der Waals surface area contributed by atoms with Crippen LogP contribution in [0.15, 0.2) is 42.5 Å². The molecule has 2 N–H and O–H groups in total. The second kappa shape index (κ2) is 14.0. The molecule has 2 saturated heterocycles. The standard InChI is InChI=1S/C34H47ClN4O3/c1-24-6-11-30(23-31(24)35)39(32(41)28-14-20-38(21-15-28)25(2)40)17-5-16-37-18-12-27(13-19-37)22-26-7-9-29(10-8-26)34(3,4)33(36)42/h6-11,23,27-28H,5,12-22H2,1-4H3,(H2,36,42). The second-order valence-electron chi connectivity index (χ2n) is 12.7. The number of amides is 3. The molecule has 8 heteroatoms. The predicted octanol–water partition coefficient (Wildman–Crippen LogP) is 5.35. The number of aryl methyl sites for hydroxylation is 1. The fraction of sp³-hybridized carbons (Fsp3) is 0.559. The van der Waals surface area contributed by atoms with Crippen LogP contribution in [-0.2, 0) is 26.2 Å². The third kappa shape index (κ3) is 7.93. The van der Waals surface area contributed by atoms with E-state index in [0.717, 1.165) is 62.1 Å². The molecule has 4 rings (SSSR count). The third-order valence-corrected chi connectivity index (χ3v) is 9.81. The van der Waals surface area contributed by atoms with E-state index in [2.05, 4.69) is 17.0 Å². The quantitative estimate of drug-likeness (QED) is 0.402. The van der Waals surface area contributed by atoms with Crippen molar-refractivity contribution in [3.05, 3.63) is 64.2 Å². The van der Waals surface area contributed by atoms with E-state index in [1.165, 1.54) is 5.56 Å². The molecule has 0 atom stereocenters. The maximum atomic E-state index is 13.7. The van der Waals surface area contributed by atoms with Crippen molar-refractivity contribution in [3.63, 3.8) is 0 Å². The second-order valence-corrected chi connectivity index (χ2v) is 13.1. The Balaban J connectivity index is 1.29. The molecule has 0 aliphatic carbocycles. The largest absolute Gasteiger partial charge is 0.369 e. The summed E-state index contributed by atoms with van der Waals surface area (Å²) in [6.07, 6.45) is 5.65. The molecule has 0 aromatic heterocycles. The van der Waals surface area contributed by atoms with Gasteiger partial charge in [0.05, 0.1) is 5.41 Å². The van der Waals surface area contributed by atoms with Crippen LogP contribution in [-0.4, -0.2) is 66.8 Å². The van der Waals surface area contributed by atoms with E-state index in [1.54, 1.807) is 6.92 Å². The van der Waals surface area contributed by atoms with Gasteiger partial charge >= 0.3 is 0 Å². The summed E-state index contributed by atoms with van der Waals surface area (Å²) in [7, 11) is 0. The first-order valence-electron chi connectivity index (χ1n) is 15.4. The van der Waals surface area contributed by atoms with Gasteiger partial charge in [0.2, 0.25) is 17.7 Å². The highest BCUT2D eigenvalue weighted by Crippen LogP contribution is 2.29. The molecule has 7 nitrogen and oxygen atoms in total. The maximum Gasteiger partial charge on any atom is 0.230 e. The molecule has 0 bridgehead atoms. The van der Waals surface area contributed by atoms with Crippen LogP contribution in [0, 0.1) is 18.8 Å². The molecule has 0 spiro atoms. The van der Waals surface area contributed by atoms with Crippen LogP contribution in [0.2, 0.25) is 5.02 Å². The van der Waals surface area contributed by atoms with Gasteiger partial charge in [-0.3, -0.25) is 14.4 Å². The van der Waals surface area contributed by atoms with Gasteiger partial charge in [-0.05, 0) is 114 Å². The van der Waals surface area contributed by atoms with Crippen molar-refractivity contribution in [3.8, 4) is 0 Å². The van der Waals surface area contributed by atoms with E-state index < -0.39 is 5.41 Å². The molecule has 228 valence electrons. The summed E-state index contributed by atoms with van der Waals surface area (Å²) in [6.45, 7) is 12.3. The molecule has 0 saturated carbocycles. The topological polar surface area (TPSA) is 87.0 Å². The average molecular weight is 595 g/mol. The van der Waals surface area contributed by atoms with Gasteiger partial charge in [-0.2, -0.15) is 0 Å². The highest BCUT2D eigenvalue weighted by molar-refractivity contribution is 6.31. The van der Waals surface area contributed by atoms with Crippen LogP contribution >= 0.6 is 11.6 Å². The van der Waals surface area contributed by atoms with Crippen molar-refractivity contribution in [1.29, 1.82) is 0 Å². The molecule has 2 aromatic carbocycles. The SMILES string of the molecule is CC(=O)N1CCC(C(=O)N(CCCN2CCC(Cc3ccc(C(C)(C)C(N)=O)cc3)CC2)c2ccc(C)c(Cl)c2)CC1. The lowest BCUT2D eigenvalue weighted by atomic mass is 9.82. The smallest absolute Gasteiger partial charge is 0.230 e. The number of hydrogen-bond donors (Lipinski definition) is 1. The lowest BCUT2D eigenvalue weighted by Gasteiger charge is -2.35. The van der Waals surface area contributed by atoms with Crippen molar-refractivity contribution in [1.82, 2.24) is 9.80 Å². The summed E-state index contributed by atoms with van der Waals surface area (Å²) in [4.78, 5) is 43.5. The first-order valence-corrected chi connectivity index (χ1v) is 15.8. The van der Waals surface area contributed by atoms with Crippen LogP contribution in [0.25, 0.3) is 0 Å². The van der Waals surface area contributed by atoms with Crippen LogP contribution in [0.4, 0.5) is 5.69 Å². The molecule has 2 aliphatic rings. The molecular weight excluding hydrogens is 548 g/mol. The number of nitrogens with two attached hydrogens (primary N) is 1. The summed E-state index contributed by atoms with van der Waals surface area (Å²) in [5.74, 6) is 0.473. The molecule has 3 amide bonds. The van der Waals surface area contributed by atoms with E-state index in [9.17, 15) is 14.4 Å². The molecular formula is C34H47ClN4O3. The highest BCUT2D eigenvalue weighted by atomic mass is 35.5. The summed E-state index contributed by atoms with van der Waals surface area (Å²) >= 11 is 6.46. The molecule has 2 fully saturated rings. The molecule has 2 heterocycles. The lowest BCUT2D eigenvalue weighted by molar-refractivity contribution is -0.133. The van der Waals surface area contributed by atoms with Crippen molar-refractivity contribution < 1.29 is 14.4 Å². The van der Waals surface area contributed by atoms with Gasteiger partial charge in [0, 0.05) is 43.2 Å². The first kappa shape index (κ1) is 32.0. The number of carbonyl (C=O) groups is 3. The number of carbonyl (C=O) groups excluding carboxylic acids is 3. The molecule has 2 aromatic rings. The van der Waals surface area contributed by atoms with E-state index in [1.807, 2.05) is 60.9 Å². The van der Waals surface area contributed by atoms with E-state index >= 15 is 0 Å². The number of likely N-dealkylation sites (tertiary alicyclic amines) is 2. The van der Waals surface area contributed by atoms with Crippen molar-refractivity contribution >= 4 is 35.0 Å². The van der Waals surface area contributed by atoms with Gasteiger partial charge in [-0.25, -0.2) is 0 Å². The number of anilines is 1. The zero-order valence-corrected chi connectivity index (χ0v) is 26.5. The lowest BCUT2D eigenvalue weighted by Crippen LogP contribution is -2.45. The number of benzene rings is 2. The third-order valence-electron chi connectivity index (χ3n) is 9.40. The van der Waals surface area contributed by atoms with Crippen LogP contribution < -0.4 is 10.6 Å². The molecule has 42 heavy (non-hydrogen) atoms. The van der Waals surface area contributed by atoms with E-state index in [0.29, 0.717) is 43.4 Å². The van der Waals surface area contributed by atoms with Gasteiger partial charge in [0.1, 0.15) is 0 Å². The molecule has 0 radical (unpaired) electrons.